The van der Waals surface area contributed by atoms with Crippen LogP contribution in [0.2, 0.25) is 0 Å². The van der Waals surface area contributed by atoms with Gasteiger partial charge in [-0.2, -0.15) is 0 Å². The second kappa shape index (κ2) is 14.8. The maximum atomic E-state index is 13.7. The lowest BCUT2D eigenvalue weighted by atomic mass is 9.94. The number of Topliss-reactive ketones (excluding diaryl/α,β-unsaturated/α-hetero) is 1. The quantitative estimate of drug-likeness (QED) is 0.266. The van der Waals surface area contributed by atoms with Crippen molar-refractivity contribution in [2.45, 2.75) is 56.8 Å². The van der Waals surface area contributed by atoms with Crippen molar-refractivity contribution in [3.63, 3.8) is 0 Å². The Morgan fingerprint density at radius 2 is 1.47 bits per heavy atom. The molecule has 14 heteroatoms. The summed E-state index contributed by atoms with van der Waals surface area (Å²) >= 11 is 0. The predicted octanol–water partition coefficient (Wildman–Crippen LogP) is 1.53. The van der Waals surface area contributed by atoms with Crippen molar-refractivity contribution < 1.29 is 46.6 Å². The second-order valence-electron chi connectivity index (χ2n) is 11.3. The van der Waals surface area contributed by atoms with Crippen LogP contribution in [0.3, 0.4) is 0 Å². The molecular formula is C31H37F3N4O7. The number of hydrogen-bond acceptors (Lipinski definition) is 8. The van der Waals surface area contributed by atoms with Crippen LogP contribution in [-0.4, -0.2) is 97.9 Å². The fourth-order valence-electron chi connectivity index (χ4n) is 4.83. The molecule has 3 N–H and O–H groups in total. The standard InChI is InChI=1S/C31H37F3N4O7/c1-20(35-26(39)18-38-12-14-43-15-13-38)28(41)37-25(17-22-8-10-23(11-9-22)45-31(32,33)34)29(42)36-24(27(40)30(2)19-44-30)16-21-6-4-3-5-7-21/h3-11,20,24-25H,12-19H2,1-2H3,(H,35,39)(H,36,42)(H,37,41)/t20-,24-,25-,30+/m0/s1. The topological polar surface area (TPSA) is 139 Å². The minimum Gasteiger partial charge on any atom is -0.406 e. The van der Waals surface area contributed by atoms with E-state index in [9.17, 15) is 32.3 Å². The maximum absolute atomic E-state index is 13.7. The van der Waals surface area contributed by atoms with E-state index >= 15 is 0 Å². The summed E-state index contributed by atoms with van der Waals surface area (Å²) in [5.74, 6) is -2.51. The van der Waals surface area contributed by atoms with Crippen LogP contribution < -0.4 is 20.7 Å². The van der Waals surface area contributed by atoms with E-state index in [0.29, 0.717) is 31.9 Å². The number of halogens is 3. The number of epoxide rings is 1. The summed E-state index contributed by atoms with van der Waals surface area (Å²) in [5, 5.41) is 8.01. The SMILES string of the molecule is C[C@H](NC(=O)CN1CCOCC1)C(=O)N[C@@H](Cc1ccc(OC(F)(F)F)cc1)C(=O)N[C@@H](Cc1ccccc1)C(=O)[C@@]1(C)CO1. The number of amides is 3. The van der Waals surface area contributed by atoms with E-state index in [-0.39, 0.29) is 37.7 Å². The Hall–Kier alpha value is -4.01. The monoisotopic (exact) mass is 634 g/mol. The molecule has 2 aromatic rings. The van der Waals surface area contributed by atoms with Gasteiger partial charge in [-0.15, -0.1) is 13.2 Å². The lowest BCUT2D eigenvalue weighted by Crippen LogP contribution is -2.57. The molecule has 11 nitrogen and oxygen atoms in total. The Bertz CT molecular complexity index is 1330. The molecule has 0 aromatic heterocycles. The summed E-state index contributed by atoms with van der Waals surface area (Å²) in [5.41, 5.74) is 0.161. The molecule has 2 aliphatic rings. The fraction of sp³-hybridized carbons (Fsp3) is 0.484. The molecule has 244 valence electrons. The van der Waals surface area contributed by atoms with Crippen LogP contribution in [0.15, 0.2) is 54.6 Å². The van der Waals surface area contributed by atoms with Gasteiger partial charge in [0.25, 0.3) is 0 Å². The van der Waals surface area contributed by atoms with Crippen LogP contribution >= 0.6 is 0 Å². The molecule has 0 bridgehead atoms. The van der Waals surface area contributed by atoms with Crippen molar-refractivity contribution in [1.29, 1.82) is 0 Å². The summed E-state index contributed by atoms with van der Waals surface area (Å²) in [4.78, 5) is 54.7. The first-order valence-electron chi connectivity index (χ1n) is 14.6. The lowest BCUT2D eigenvalue weighted by molar-refractivity contribution is -0.274. The number of ether oxygens (including phenoxy) is 3. The number of alkyl halides is 3. The number of nitrogens with zero attached hydrogens (tertiary/aromatic N) is 1. The molecule has 2 saturated heterocycles. The molecule has 45 heavy (non-hydrogen) atoms. The summed E-state index contributed by atoms with van der Waals surface area (Å²) in [6, 6.07) is 10.7. The van der Waals surface area contributed by atoms with Crippen LogP contribution in [0.1, 0.15) is 25.0 Å². The molecule has 4 rings (SSSR count). The van der Waals surface area contributed by atoms with E-state index in [0.717, 1.165) is 17.7 Å². The van der Waals surface area contributed by atoms with E-state index < -0.39 is 47.7 Å². The first kappa shape index (κ1) is 33.9. The highest BCUT2D eigenvalue weighted by Crippen LogP contribution is 2.29. The molecular weight excluding hydrogens is 597 g/mol. The van der Waals surface area contributed by atoms with Gasteiger partial charge in [0.1, 0.15) is 23.4 Å². The summed E-state index contributed by atoms with van der Waals surface area (Å²) < 4.78 is 52.4. The molecule has 0 radical (unpaired) electrons. The number of morpholine rings is 1. The number of rotatable bonds is 14. The van der Waals surface area contributed by atoms with Crippen molar-refractivity contribution >= 4 is 23.5 Å². The largest absolute Gasteiger partial charge is 0.573 e. The van der Waals surface area contributed by atoms with Gasteiger partial charge in [-0.1, -0.05) is 42.5 Å². The van der Waals surface area contributed by atoms with E-state index in [1.807, 2.05) is 23.1 Å². The maximum Gasteiger partial charge on any atom is 0.573 e. The summed E-state index contributed by atoms with van der Waals surface area (Å²) in [6.45, 7) is 5.54. The van der Waals surface area contributed by atoms with Gasteiger partial charge in [0.2, 0.25) is 17.7 Å². The van der Waals surface area contributed by atoms with Gasteiger partial charge in [0, 0.05) is 19.5 Å². The molecule has 0 aliphatic carbocycles. The molecule has 2 aromatic carbocycles. The zero-order valence-corrected chi connectivity index (χ0v) is 25.0. The van der Waals surface area contributed by atoms with Gasteiger partial charge < -0.3 is 30.2 Å². The molecule has 2 fully saturated rings. The van der Waals surface area contributed by atoms with Crippen LogP contribution in [0, 0.1) is 0 Å². The highest BCUT2D eigenvalue weighted by molar-refractivity contribution is 5.98. The molecule has 3 amide bonds. The van der Waals surface area contributed by atoms with E-state index in [4.69, 9.17) is 9.47 Å². The van der Waals surface area contributed by atoms with Crippen molar-refractivity contribution in [2.75, 3.05) is 39.5 Å². The Kier molecular flexibility index (Phi) is 11.2. The zero-order valence-electron chi connectivity index (χ0n) is 25.0. The Balaban J connectivity index is 1.48. The highest BCUT2D eigenvalue weighted by Gasteiger charge is 2.50. The lowest BCUT2D eigenvalue weighted by Gasteiger charge is -2.27. The summed E-state index contributed by atoms with van der Waals surface area (Å²) in [6.07, 6.45) is -4.83. The molecule has 0 spiro atoms. The van der Waals surface area contributed by atoms with Gasteiger partial charge >= 0.3 is 6.36 Å². The third-order valence-electron chi connectivity index (χ3n) is 7.49. The van der Waals surface area contributed by atoms with Crippen molar-refractivity contribution in [2.24, 2.45) is 0 Å². The first-order valence-corrected chi connectivity index (χ1v) is 14.6. The van der Waals surface area contributed by atoms with Crippen LogP contribution in [-0.2, 0) is 41.5 Å². The van der Waals surface area contributed by atoms with Crippen molar-refractivity contribution in [3.05, 3.63) is 65.7 Å². The molecule has 0 unspecified atom stereocenters. The van der Waals surface area contributed by atoms with E-state index in [2.05, 4.69) is 20.7 Å². The average Bonchev–Trinajstić information content (AvgIpc) is 3.75. The Labute approximate surface area is 258 Å². The number of nitrogens with one attached hydrogen (secondary N) is 3. The Morgan fingerprint density at radius 3 is 2.07 bits per heavy atom. The first-order chi connectivity index (χ1) is 21.3. The Morgan fingerprint density at radius 1 is 0.889 bits per heavy atom. The predicted molar refractivity (Wildman–Crippen MR) is 155 cm³/mol. The third-order valence-corrected chi connectivity index (χ3v) is 7.49. The molecule has 2 heterocycles. The number of carbonyl (C=O) groups excluding carboxylic acids is 4. The van der Waals surface area contributed by atoms with E-state index in [1.165, 1.54) is 19.1 Å². The smallest absolute Gasteiger partial charge is 0.406 e. The second-order valence-corrected chi connectivity index (χ2v) is 11.3. The van der Waals surface area contributed by atoms with Gasteiger partial charge in [0.15, 0.2) is 5.78 Å². The normalized spacial score (nSPS) is 20.3. The number of benzene rings is 2. The van der Waals surface area contributed by atoms with Gasteiger partial charge in [0.05, 0.1) is 32.4 Å². The highest BCUT2D eigenvalue weighted by atomic mass is 19.4. The molecule has 0 saturated carbocycles. The van der Waals surface area contributed by atoms with Gasteiger partial charge in [-0.3, -0.25) is 24.1 Å². The third kappa shape index (κ3) is 10.5. The fourth-order valence-corrected chi connectivity index (χ4v) is 4.83. The van der Waals surface area contributed by atoms with Crippen molar-refractivity contribution in [1.82, 2.24) is 20.9 Å². The van der Waals surface area contributed by atoms with Gasteiger partial charge in [-0.05, 0) is 43.5 Å². The average molecular weight is 635 g/mol. The van der Waals surface area contributed by atoms with Crippen LogP contribution in [0.25, 0.3) is 0 Å². The molecule has 4 atom stereocenters. The van der Waals surface area contributed by atoms with Crippen LogP contribution in [0.4, 0.5) is 13.2 Å². The minimum atomic E-state index is -4.87. The van der Waals surface area contributed by atoms with Crippen molar-refractivity contribution in [3.8, 4) is 5.75 Å². The molecule has 2 aliphatic heterocycles. The van der Waals surface area contributed by atoms with Crippen LogP contribution in [0.5, 0.6) is 5.75 Å². The van der Waals surface area contributed by atoms with E-state index in [1.54, 1.807) is 19.1 Å². The minimum absolute atomic E-state index is 0.0708. The number of ketones is 1. The zero-order chi connectivity index (χ0) is 32.6. The number of hydrogen-bond donors (Lipinski definition) is 3. The van der Waals surface area contributed by atoms with Gasteiger partial charge in [-0.25, -0.2) is 0 Å². The summed E-state index contributed by atoms with van der Waals surface area (Å²) in [7, 11) is 0. The number of carbonyl (C=O) groups is 4.